The minimum atomic E-state index is -1.13. The SMILES string of the molecule is CCOC(=O)[C@H](Cc1ccccc1)NC(=O)[C@@]1(c2ccccc2)CC[C@H](C(=O)N2CCC(NC(=O)c3ccccc3OC)CC2)c2ccccc21.S.S. The fourth-order valence-electron chi connectivity index (χ4n) is 7.61. The van der Waals surface area contributed by atoms with Gasteiger partial charge in [-0.05, 0) is 67.0 Å². The number of ether oxygens (including phenoxy) is 2. The molecule has 1 aliphatic carbocycles. The number of hydrogen-bond acceptors (Lipinski definition) is 6. The van der Waals surface area contributed by atoms with Gasteiger partial charge in [0.15, 0.2) is 0 Å². The molecule has 0 bridgehead atoms. The molecule has 0 spiro atoms. The standard InChI is InChI=1S/C42H45N3O6.2H2S/c1-3-51-40(48)36(28-29-14-6-4-7-15-29)44-41(49)42(30-16-8-5-9-17-30)25-22-33(32-18-10-12-20-35(32)42)39(47)45-26-23-31(24-27-45)43-38(46)34-19-11-13-21-37(34)50-2;;/h4-21,31,33,36H,3,22-28H2,1-2H3,(H,43,46)(H,44,49);2*1H2/t33-,36-,42+;;/m0../s1. The lowest BCUT2D eigenvalue weighted by Crippen LogP contribution is -2.54. The van der Waals surface area contributed by atoms with E-state index in [1.807, 2.05) is 95.9 Å². The number of benzene rings is 4. The number of esters is 1. The predicted octanol–water partition coefficient (Wildman–Crippen LogP) is 5.80. The molecule has 1 fully saturated rings. The Morgan fingerprint density at radius 2 is 1.43 bits per heavy atom. The summed E-state index contributed by atoms with van der Waals surface area (Å²) in [6, 6.07) is 33.1. The summed E-state index contributed by atoms with van der Waals surface area (Å²) in [7, 11) is 1.54. The van der Waals surface area contributed by atoms with Crippen LogP contribution in [0.1, 0.15) is 71.1 Å². The van der Waals surface area contributed by atoms with E-state index in [0.717, 1.165) is 22.3 Å². The van der Waals surface area contributed by atoms with Crippen molar-refractivity contribution in [1.29, 1.82) is 0 Å². The first-order chi connectivity index (χ1) is 24.8. The van der Waals surface area contributed by atoms with E-state index in [0.29, 0.717) is 50.1 Å². The number of methoxy groups -OCH3 is 1. The van der Waals surface area contributed by atoms with Crippen molar-refractivity contribution in [2.45, 2.75) is 62.4 Å². The summed E-state index contributed by atoms with van der Waals surface area (Å²) in [6.45, 7) is 2.97. The Kier molecular flexibility index (Phi) is 14.6. The van der Waals surface area contributed by atoms with E-state index in [9.17, 15) is 19.2 Å². The molecule has 11 heteroatoms. The minimum Gasteiger partial charge on any atom is -0.496 e. The Balaban J connectivity index is 0.00000314. The molecule has 2 aliphatic rings. The van der Waals surface area contributed by atoms with Crippen LogP contribution < -0.4 is 15.4 Å². The number of hydrogen-bond donors (Lipinski definition) is 2. The second-order valence-corrected chi connectivity index (χ2v) is 13.2. The van der Waals surface area contributed by atoms with Gasteiger partial charge in [-0.3, -0.25) is 14.4 Å². The van der Waals surface area contributed by atoms with Crippen LogP contribution in [0.15, 0.2) is 109 Å². The topological polar surface area (TPSA) is 114 Å². The van der Waals surface area contributed by atoms with Gasteiger partial charge in [-0.2, -0.15) is 27.0 Å². The number of fused-ring (bicyclic) bond motifs is 1. The van der Waals surface area contributed by atoms with Crippen LogP contribution in [0.3, 0.4) is 0 Å². The van der Waals surface area contributed by atoms with Crippen molar-refractivity contribution in [3.63, 3.8) is 0 Å². The number of para-hydroxylation sites is 1. The van der Waals surface area contributed by atoms with Crippen molar-refractivity contribution in [1.82, 2.24) is 15.5 Å². The second-order valence-electron chi connectivity index (χ2n) is 13.2. The zero-order valence-corrected chi connectivity index (χ0v) is 32.2. The van der Waals surface area contributed by atoms with Gasteiger partial charge in [0.25, 0.3) is 5.91 Å². The summed E-state index contributed by atoms with van der Waals surface area (Å²) in [5.41, 5.74) is 2.63. The van der Waals surface area contributed by atoms with Crippen LogP contribution >= 0.6 is 27.0 Å². The van der Waals surface area contributed by atoms with Crippen LogP contribution in [0, 0.1) is 0 Å². The molecule has 1 saturated heterocycles. The summed E-state index contributed by atoms with van der Waals surface area (Å²) in [6.07, 6.45) is 2.38. The van der Waals surface area contributed by atoms with Crippen LogP contribution in [0.5, 0.6) is 5.75 Å². The largest absolute Gasteiger partial charge is 0.496 e. The van der Waals surface area contributed by atoms with Crippen molar-refractivity contribution in [2.75, 3.05) is 26.8 Å². The van der Waals surface area contributed by atoms with Crippen molar-refractivity contribution in [3.05, 3.63) is 137 Å². The summed E-state index contributed by atoms with van der Waals surface area (Å²) < 4.78 is 10.8. The van der Waals surface area contributed by atoms with E-state index in [1.165, 1.54) is 0 Å². The van der Waals surface area contributed by atoms with Crippen molar-refractivity contribution in [3.8, 4) is 5.75 Å². The van der Waals surface area contributed by atoms with E-state index >= 15 is 0 Å². The third kappa shape index (κ3) is 8.91. The molecule has 6 rings (SSSR count). The molecule has 4 aromatic carbocycles. The lowest BCUT2D eigenvalue weighted by atomic mass is 9.62. The van der Waals surface area contributed by atoms with E-state index in [2.05, 4.69) is 10.6 Å². The predicted molar refractivity (Wildman–Crippen MR) is 215 cm³/mol. The maximum atomic E-state index is 14.8. The number of nitrogens with zero attached hydrogens (tertiary/aromatic N) is 1. The summed E-state index contributed by atoms with van der Waals surface area (Å²) in [4.78, 5) is 57.2. The highest BCUT2D eigenvalue weighted by Gasteiger charge is 2.49. The van der Waals surface area contributed by atoms with Crippen LogP contribution in [0.25, 0.3) is 0 Å². The highest BCUT2D eigenvalue weighted by molar-refractivity contribution is 7.59. The zero-order valence-electron chi connectivity index (χ0n) is 30.2. The van der Waals surface area contributed by atoms with E-state index < -0.39 is 23.3 Å². The van der Waals surface area contributed by atoms with Gasteiger partial charge in [0.2, 0.25) is 11.8 Å². The quantitative estimate of drug-likeness (QED) is 0.187. The molecule has 0 saturated carbocycles. The van der Waals surface area contributed by atoms with Gasteiger partial charge < -0.3 is 25.0 Å². The van der Waals surface area contributed by atoms with Gasteiger partial charge in [-0.25, -0.2) is 4.79 Å². The summed E-state index contributed by atoms with van der Waals surface area (Å²) in [5, 5.41) is 6.21. The smallest absolute Gasteiger partial charge is 0.328 e. The molecule has 2 N–H and O–H groups in total. The van der Waals surface area contributed by atoms with Crippen molar-refractivity contribution < 1.29 is 28.7 Å². The molecule has 3 amide bonds. The Labute approximate surface area is 325 Å². The van der Waals surface area contributed by atoms with Gasteiger partial charge in [-0.1, -0.05) is 97.1 Å². The molecule has 280 valence electrons. The molecule has 3 atom stereocenters. The Morgan fingerprint density at radius 3 is 2.11 bits per heavy atom. The molecule has 0 radical (unpaired) electrons. The monoisotopic (exact) mass is 755 g/mol. The number of nitrogens with one attached hydrogen (secondary N) is 2. The Morgan fingerprint density at radius 1 is 0.811 bits per heavy atom. The maximum absolute atomic E-state index is 14.8. The number of carbonyl (C=O) groups excluding carboxylic acids is 4. The summed E-state index contributed by atoms with van der Waals surface area (Å²) in [5.74, 6) is -0.872. The third-order valence-electron chi connectivity index (χ3n) is 10.2. The summed E-state index contributed by atoms with van der Waals surface area (Å²) >= 11 is 0. The molecule has 53 heavy (non-hydrogen) atoms. The lowest BCUT2D eigenvalue weighted by Gasteiger charge is -2.43. The number of amides is 3. The van der Waals surface area contributed by atoms with Crippen LogP contribution in [0.2, 0.25) is 0 Å². The van der Waals surface area contributed by atoms with Gasteiger partial charge >= 0.3 is 5.97 Å². The average molecular weight is 756 g/mol. The van der Waals surface area contributed by atoms with Gasteiger partial charge in [-0.15, -0.1) is 0 Å². The molecule has 1 aliphatic heterocycles. The van der Waals surface area contributed by atoms with Gasteiger partial charge in [0.05, 0.1) is 30.6 Å². The molecule has 1 heterocycles. The van der Waals surface area contributed by atoms with E-state index in [1.54, 1.807) is 32.2 Å². The molecule has 4 aromatic rings. The van der Waals surface area contributed by atoms with Crippen LogP contribution in [-0.2, 0) is 31.0 Å². The molecule has 0 unspecified atom stereocenters. The van der Waals surface area contributed by atoms with Crippen molar-refractivity contribution in [2.24, 2.45) is 0 Å². The molecular formula is C42H49N3O6S2. The average Bonchev–Trinajstić information content (AvgIpc) is 3.18. The third-order valence-corrected chi connectivity index (χ3v) is 10.2. The number of rotatable bonds is 11. The fraction of sp³-hybridized carbons (Fsp3) is 0.333. The normalized spacial score (nSPS) is 18.5. The number of carbonyl (C=O) groups is 4. The Hall–Kier alpha value is -4.74. The zero-order chi connectivity index (χ0) is 35.8. The first-order valence-corrected chi connectivity index (χ1v) is 17.7. The maximum Gasteiger partial charge on any atom is 0.328 e. The number of piperidine rings is 1. The van der Waals surface area contributed by atoms with Crippen molar-refractivity contribution >= 4 is 50.7 Å². The second kappa shape index (κ2) is 18.8. The molecule has 9 nitrogen and oxygen atoms in total. The molecular weight excluding hydrogens is 707 g/mol. The molecule has 0 aromatic heterocycles. The van der Waals surface area contributed by atoms with Gasteiger partial charge in [0, 0.05) is 25.6 Å². The van der Waals surface area contributed by atoms with Gasteiger partial charge in [0.1, 0.15) is 11.8 Å². The van der Waals surface area contributed by atoms with Crippen LogP contribution in [0.4, 0.5) is 0 Å². The van der Waals surface area contributed by atoms with Crippen LogP contribution in [-0.4, -0.2) is 67.5 Å². The highest BCUT2D eigenvalue weighted by atomic mass is 32.1. The number of likely N-dealkylation sites (tertiary alicyclic amines) is 1. The Bertz CT molecular complexity index is 1850. The first kappa shape index (κ1) is 41.0. The first-order valence-electron chi connectivity index (χ1n) is 17.7. The highest BCUT2D eigenvalue weighted by Crippen LogP contribution is 2.48. The lowest BCUT2D eigenvalue weighted by molar-refractivity contribution is -0.148. The fourth-order valence-corrected chi connectivity index (χ4v) is 7.61. The minimum absolute atomic E-state index is 0. The van der Waals surface area contributed by atoms with E-state index in [-0.39, 0.29) is 63.8 Å². The van der Waals surface area contributed by atoms with E-state index in [4.69, 9.17) is 9.47 Å².